The molecule has 256 valence electrons. The predicted octanol–water partition coefficient (Wildman–Crippen LogP) is 7.20. The van der Waals surface area contributed by atoms with E-state index in [1.807, 2.05) is 19.1 Å². The highest BCUT2D eigenvalue weighted by molar-refractivity contribution is 6.07. The molecule has 0 unspecified atom stereocenters. The summed E-state index contributed by atoms with van der Waals surface area (Å²) in [5.41, 5.74) is 5.97. The van der Waals surface area contributed by atoms with E-state index < -0.39 is 11.8 Å². The molecular formula is C38H48FN5O4. The van der Waals surface area contributed by atoms with Crippen LogP contribution in [0.4, 0.5) is 15.8 Å². The third-order valence-electron chi connectivity index (χ3n) is 9.49. The quantitative estimate of drug-likeness (QED) is 0.141. The Morgan fingerprint density at radius 3 is 2.48 bits per heavy atom. The lowest BCUT2D eigenvalue weighted by Crippen LogP contribution is -2.41. The van der Waals surface area contributed by atoms with E-state index in [4.69, 9.17) is 9.73 Å². The Balaban J connectivity index is 1.61. The van der Waals surface area contributed by atoms with Crippen molar-refractivity contribution < 1.29 is 18.7 Å². The number of allylic oxidation sites excluding steroid dienone is 1. The number of hydrogen-bond donors (Lipinski definition) is 1. The van der Waals surface area contributed by atoms with Crippen LogP contribution in [0, 0.1) is 11.2 Å². The molecule has 2 aliphatic rings. The standard InChI is InChI=1S/C38H48FN5O4/c1-9-23(4)14-35(40-28(10-2)11-3)41-31-15-26(21-42(8)36(31)46)29-17-27(39)18-32(30(29)22-48-24(5)45)44-13-12-43-33(37(44)47)16-25-19-38(6,7)20-34(25)43/h14-18,21,28H,9-13,19-20,22H2,1-8H3,(H,40,41). The molecule has 9 nitrogen and oxygen atoms in total. The number of aryl methyl sites for hydroxylation is 1. The number of hydrogen-bond acceptors (Lipinski definition) is 5. The van der Waals surface area contributed by atoms with Gasteiger partial charge in [0.15, 0.2) is 0 Å². The lowest BCUT2D eigenvalue weighted by Gasteiger charge is -2.32. The first-order valence-corrected chi connectivity index (χ1v) is 17.0. The van der Waals surface area contributed by atoms with Crippen molar-refractivity contribution in [3.05, 3.63) is 80.8 Å². The molecule has 1 N–H and O–H groups in total. The molecule has 3 aromatic rings. The Labute approximate surface area is 282 Å². The molecule has 0 spiro atoms. The minimum Gasteiger partial charge on any atom is -0.461 e. The van der Waals surface area contributed by atoms with Gasteiger partial charge in [0.2, 0.25) is 0 Å². The summed E-state index contributed by atoms with van der Waals surface area (Å²) < 4.78 is 24.7. The van der Waals surface area contributed by atoms with Crippen LogP contribution in [0.3, 0.4) is 0 Å². The van der Waals surface area contributed by atoms with Crippen molar-refractivity contribution in [2.24, 2.45) is 17.5 Å². The van der Waals surface area contributed by atoms with Gasteiger partial charge in [0, 0.05) is 50.1 Å². The van der Waals surface area contributed by atoms with Gasteiger partial charge in [-0.3, -0.25) is 19.4 Å². The topological polar surface area (TPSA) is 97.9 Å². The van der Waals surface area contributed by atoms with Gasteiger partial charge in [-0.2, -0.15) is 0 Å². The van der Waals surface area contributed by atoms with Crippen LogP contribution in [0.5, 0.6) is 0 Å². The van der Waals surface area contributed by atoms with Crippen molar-refractivity contribution in [2.45, 2.75) is 99.8 Å². The SMILES string of the molecule is CCC(C)=CC(=NC(CC)CC)Nc1cc(-c2cc(F)cc(N3CCn4c(cc5c4CC(C)(C)C5)C3=O)c2COC(C)=O)cn(C)c1=O. The second kappa shape index (κ2) is 13.9. The predicted molar refractivity (Wildman–Crippen MR) is 189 cm³/mol. The Morgan fingerprint density at radius 1 is 1.08 bits per heavy atom. The number of rotatable bonds is 10. The number of nitrogens with zero attached hydrogens (tertiary/aromatic N) is 4. The number of aliphatic imine (C=N–C) groups is 1. The number of aromatic nitrogens is 2. The zero-order valence-corrected chi connectivity index (χ0v) is 29.5. The highest BCUT2D eigenvalue weighted by atomic mass is 19.1. The fourth-order valence-corrected chi connectivity index (χ4v) is 6.78. The van der Waals surface area contributed by atoms with Crippen molar-refractivity contribution in [1.82, 2.24) is 9.13 Å². The van der Waals surface area contributed by atoms with E-state index in [0.29, 0.717) is 47.0 Å². The maximum Gasteiger partial charge on any atom is 0.302 e. The molecule has 0 saturated heterocycles. The summed E-state index contributed by atoms with van der Waals surface area (Å²) >= 11 is 0. The van der Waals surface area contributed by atoms with Crippen LogP contribution >= 0.6 is 0 Å². The lowest BCUT2D eigenvalue weighted by molar-refractivity contribution is -0.142. The van der Waals surface area contributed by atoms with Crippen LogP contribution in [0.25, 0.3) is 11.1 Å². The first kappa shape index (κ1) is 34.9. The number of ether oxygens (including phenoxy) is 1. The summed E-state index contributed by atoms with van der Waals surface area (Å²) in [7, 11) is 1.64. The number of pyridine rings is 1. The Morgan fingerprint density at radius 2 is 1.81 bits per heavy atom. The van der Waals surface area contributed by atoms with Gasteiger partial charge in [0.05, 0.1) is 11.7 Å². The molecule has 0 bridgehead atoms. The largest absolute Gasteiger partial charge is 0.461 e. The van der Waals surface area contributed by atoms with Gasteiger partial charge < -0.3 is 24.1 Å². The van der Waals surface area contributed by atoms with E-state index in [1.54, 1.807) is 24.2 Å². The molecule has 0 fully saturated rings. The van der Waals surface area contributed by atoms with E-state index in [2.05, 4.69) is 44.5 Å². The zero-order chi connectivity index (χ0) is 34.9. The van der Waals surface area contributed by atoms with E-state index >= 15 is 4.39 Å². The number of esters is 1. The highest BCUT2D eigenvalue weighted by Gasteiger charge is 2.37. The second-order valence-corrected chi connectivity index (χ2v) is 13.9. The zero-order valence-electron chi connectivity index (χ0n) is 29.5. The third kappa shape index (κ3) is 7.17. The molecule has 1 aliphatic carbocycles. The Hall–Kier alpha value is -4.47. The fourth-order valence-electron chi connectivity index (χ4n) is 6.78. The van der Waals surface area contributed by atoms with Crippen molar-refractivity contribution in [1.29, 1.82) is 0 Å². The molecule has 3 heterocycles. The van der Waals surface area contributed by atoms with Gasteiger partial charge in [-0.1, -0.05) is 40.2 Å². The van der Waals surface area contributed by atoms with Crippen LogP contribution in [0.1, 0.15) is 95.0 Å². The third-order valence-corrected chi connectivity index (χ3v) is 9.49. The normalized spacial score (nSPS) is 16.0. The van der Waals surface area contributed by atoms with Crippen molar-refractivity contribution in [3.8, 4) is 11.1 Å². The molecule has 48 heavy (non-hydrogen) atoms. The average molecular weight is 658 g/mol. The van der Waals surface area contributed by atoms with E-state index in [9.17, 15) is 14.4 Å². The number of carbonyl (C=O) groups is 2. The lowest BCUT2D eigenvalue weighted by atomic mass is 9.90. The molecule has 10 heteroatoms. The molecular weight excluding hydrogens is 609 g/mol. The second-order valence-electron chi connectivity index (χ2n) is 13.9. The number of carbonyl (C=O) groups excluding carboxylic acids is 2. The number of benzene rings is 1. The van der Waals surface area contributed by atoms with E-state index in [-0.39, 0.29) is 35.2 Å². The molecule has 5 rings (SSSR count). The van der Waals surface area contributed by atoms with Gasteiger partial charge in [-0.25, -0.2) is 4.39 Å². The van der Waals surface area contributed by atoms with Crippen LogP contribution in [0.2, 0.25) is 0 Å². The Kier molecular flexibility index (Phi) is 10.1. The maximum atomic E-state index is 15.6. The number of anilines is 2. The number of nitrogens with one attached hydrogen (secondary N) is 1. The number of amidine groups is 1. The maximum absolute atomic E-state index is 15.6. The summed E-state index contributed by atoms with van der Waals surface area (Å²) in [6.07, 6.45) is 7.91. The minimum atomic E-state index is -0.551. The number of amides is 1. The van der Waals surface area contributed by atoms with Gasteiger partial charge >= 0.3 is 5.97 Å². The Bertz CT molecular complexity index is 1860. The van der Waals surface area contributed by atoms with E-state index in [0.717, 1.165) is 37.7 Å². The van der Waals surface area contributed by atoms with Crippen LogP contribution < -0.4 is 15.8 Å². The molecule has 1 aliphatic heterocycles. The number of halogens is 1. The van der Waals surface area contributed by atoms with E-state index in [1.165, 1.54) is 34.9 Å². The molecule has 0 saturated carbocycles. The minimum absolute atomic E-state index is 0.0809. The first-order valence-electron chi connectivity index (χ1n) is 17.0. The molecule has 1 aromatic carbocycles. The molecule has 0 atom stereocenters. The summed E-state index contributed by atoms with van der Waals surface area (Å²) in [6.45, 7) is 14.7. The van der Waals surface area contributed by atoms with Crippen LogP contribution in [-0.4, -0.2) is 39.4 Å². The van der Waals surface area contributed by atoms with Crippen molar-refractivity contribution in [3.63, 3.8) is 0 Å². The molecule has 1 amide bonds. The molecule has 2 aromatic heterocycles. The first-order chi connectivity index (χ1) is 22.7. The summed E-state index contributed by atoms with van der Waals surface area (Å²) in [4.78, 5) is 46.0. The van der Waals surface area contributed by atoms with Crippen LogP contribution in [0.15, 0.2) is 51.9 Å². The van der Waals surface area contributed by atoms with Gasteiger partial charge in [-0.05, 0) is 85.9 Å². The number of fused-ring (bicyclic) bond motifs is 3. The summed E-state index contributed by atoms with van der Waals surface area (Å²) in [6, 6.07) is 6.42. The highest BCUT2D eigenvalue weighted by Crippen LogP contribution is 2.41. The smallest absolute Gasteiger partial charge is 0.302 e. The monoisotopic (exact) mass is 657 g/mol. The molecule has 0 radical (unpaired) electrons. The summed E-state index contributed by atoms with van der Waals surface area (Å²) in [5, 5.41) is 3.26. The fraction of sp³-hybridized carbons (Fsp3) is 0.474. The van der Waals surface area contributed by atoms with Gasteiger partial charge in [-0.15, -0.1) is 0 Å². The van der Waals surface area contributed by atoms with Crippen molar-refractivity contribution in [2.75, 3.05) is 16.8 Å². The van der Waals surface area contributed by atoms with Crippen molar-refractivity contribution >= 4 is 29.1 Å². The van der Waals surface area contributed by atoms with Crippen LogP contribution in [-0.2, 0) is 42.6 Å². The van der Waals surface area contributed by atoms with Gasteiger partial charge in [0.1, 0.15) is 29.6 Å². The average Bonchev–Trinajstić information content (AvgIpc) is 3.52. The summed E-state index contributed by atoms with van der Waals surface area (Å²) in [5.74, 6) is -0.700. The van der Waals surface area contributed by atoms with Gasteiger partial charge in [0.25, 0.3) is 11.5 Å².